The Morgan fingerprint density at radius 3 is 2.59 bits per heavy atom. The van der Waals surface area contributed by atoms with Gasteiger partial charge >= 0.3 is 0 Å². The lowest BCUT2D eigenvalue weighted by Crippen LogP contribution is -2.24. The van der Waals surface area contributed by atoms with Crippen LogP contribution >= 0.6 is 11.6 Å². The summed E-state index contributed by atoms with van der Waals surface area (Å²) in [6, 6.07) is 6.55. The summed E-state index contributed by atoms with van der Waals surface area (Å²) in [5.41, 5.74) is 0. The predicted molar refractivity (Wildman–Crippen MR) is 71.3 cm³/mol. The zero-order valence-corrected chi connectivity index (χ0v) is 11.5. The minimum Gasteiger partial charge on any atom is -0.316 e. The summed E-state index contributed by atoms with van der Waals surface area (Å²) in [4.78, 5) is 0.221. The quantitative estimate of drug-likeness (QED) is 0.778. The van der Waals surface area contributed by atoms with E-state index in [1.165, 1.54) is 0 Å². The number of hydrogen-bond donors (Lipinski definition) is 1. The molecule has 0 bridgehead atoms. The van der Waals surface area contributed by atoms with E-state index in [1.807, 2.05) is 0 Å². The van der Waals surface area contributed by atoms with E-state index in [0.29, 0.717) is 11.6 Å². The maximum Gasteiger partial charge on any atom is 0.181 e. The molecule has 96 valence electrons. The summed E-state index contributed by atoms with van der Waals surface area (Å²) in [6.45, 7) is 3.42. The van der Waals surface area contributed by atoms with Crippen molar-refractivity contribution in [2.45, 2.75) is 24.7 Å². The van der Waals surface area contributed by atoms with Crippen LogP contribution in [0.15, 0.2) is 29.2 Å². The van der Waals surface area contributed by atoms with Crippen molar-refractivity contribution < 1.29 is 8.42 Å². The molecule has 3 nitrogen and oxygen atoms in total. The van der Waals surface area contributed by atoms with Gasteiger partial charge in [0, 0.05) is 6.54 Å². The first-order valence-electron chi connectivity index (χ1n) is 5.76. The third-order valence-electron chi connectivity index (χ3n) is 2.43. The van der Waals surface area contributed by atoms with E-state index < -0.39 is 9.84 Å². The first-order chi connectivity index (χ1) is 8.08. The van der Waals surface area contributed by atoms with Crippen molar-refractivity contribution in [1.82, 2.24) is 5.32 Å². The number of nitrogens with one attached hydrogen (secondary N) is 1. The van der Waals surface area contributed by atoms with Gasteiger partial charge in [-0.05, 0) is 25.1 Å². The fourth-order valence-corrected chi connectivity index (χ4v) is 3.21. The molecule has 0 radical (unpaired) electrons. The molecular formula is C12H18ClNO2S. The van der Waals surface area contributed by atoms with Crippen LogP contribution < -0.4 is 5.32 Å². The highest BCUT2D eigenvalue weighted by Crippen LogP contribution is 2.21. The van der Waals surface area contributed by atoms with Gasteiger partial charge in [-0.3, -0.25) is 0 Å². The van der Waals surface area contributed by atoms with Gasteiger partial charge in [-0.25, -0.2) is 8.42 Å². The van der Waals surface area contributed by atoms with Crippen molar-refractivity contribution in [3.8, 4) is 0 Å². The van der Waals surface area contributed by atoms with Crippen LogP contribution in [-0.2, 0) is 9.84 Å². The van der Waals surface area contributed by atoms with Crippen LogP contribution in [0.3, 0.4) is 0 Å². The van der Waals surface area contributed by atoms with Crippen LogP contribution in [0.1, 0.15) is 19.8 Å². The van der Waals surface area contributed by atoms with Gasteiger partial charge in [-0.2, -0.15) is 0 Å². The van der Waals surface area contributed by atoms with Crippen LogP contribution in [0, 0.1) is 0 Å². The lowest BCUT2D eigenvalue weighted by Gasteiger charge is -2.07. The average molecular weight is 276 g/mol. The third kappa shape index (κ3) is 4.66. The minimum atomic E-state index is -3.27. The second-order valence-electron chi connectivity index (χ2n) is 3.85. The second-order valence-corrected chi connectivity index (χ2v) is 6.34. The summed E-state index contributed by atoms with van der Waals surface area (Å²) in [5, 5.41) is 3.40. The molecular weight excluding hydrogens is 258 g/mol. The molecule has 1 rings (SSSR count). The van der Waals surface area contributed by atoms with Crippen LogP contribution in [0.5, 0.6) is 0 Å². The normalized spacial score (nSPS) is 11.6. The number of unbranched alkanes of at least 4 members (excludes halogenated alkanes) is 1. The number of benzene rings is 1. The molecule has 0 unspecified atom stereocenters. The number of halogens is 1. The number of rotatable bonds is 7. The van der Waals surface area contributed by atoms with Crippen molar-refractivity contribution in [1.29, 1.82) is 0 Å². The van der Waals surface area contributed by atoms with Gasteiger partial charge in [0.05, 0.1) is 15.7 Å². The van der Waals surface area contributed by atoms with E-state index >= 15 is 0 Å². The lowest BCUT2D eigenvalue weighted by molar-refractivity contribution is 0.588. The molecule has 0 saturated heterocycles. The molecule has 0 aliphatic heterocycles. The number of hydrogen-bond acceptors (Lipinski definition) is 3. The van der Waals surface area contributed by atoms with Crippen LogP contribution in [0.4, 0.5) is 0 Å². The maximum atomic E-state index is 12.0. The minimum absolute atomic E-state index is 0.0838. The molecule has 0 amide bonds. The molecule has 17 heavy (non-hydrogen) atoms. The average Bonchev–Trinajstić information content (AvgIpc) is 2.29. The molecule has 0 heterocycles. The fraction of sp³-hybridized carbons (Fsp3) is 0.500. The molecule has 0 aromatic heterocycles. The Morgan fingerprint density at radius 2 is 1.94 bits per heavy atom. The van der Waals surface area contributed by atoms with E-state index in [0.717, 1.165) is 19.4 Å². The van der Waals surface area contributed by atoms with E-state index in [4.69, 9.17) is 11.6 Å². The van der Waals surface area contributed by atoms with Crippen molar-refractivity contribution in [2.24, 2.45) is 0 Å². The summed E-state index contributed by atoms with van der Waals surface area (Å²) in [5.74, 6) is 0.0838. The molecule has 0 saturated carbocycles. The summed E-state index contributed by atoms with van der Waals surface area (Å²) >= 11 is 5.87. The third-order valence-corrected chi connectivity index (χ3v) is 4.64. The summed E-state index contributed by atoms with van der Waals surface area (Å²) < 4.78 is 23.9. The lowest BCUT2D eigenvalue weighted by atomic mass is 10.3. The predicted octanol–water partition coefficient (Wildman–Crippen LogP) is 2.50. The van der Waals surface area contributed by atoms with Gasteiger partial charge in [0.25, 0.3) is 0 Å². The van der Waals surface area contributed by atoms with Gasteiger partial charge in [-0.1, -0.05) is 37.1 Å². The van der Waals surface area contributed by atoms with Gasteiger partial charge < -0.3 is 5.32 Å². The van der Waals surface area contributed by atoms with Crippen molar-refractivity contribution in [3.63, 3.8) is 0 Å². The van der Waals surface area contributed by atoms with Crippen LogP contribution in [0.2, 0.25) is 5.02 Å². The zero-order chi connectivity index (χ0) is 12.7. The molecule has 1 aromatic rings. The second kappa shape index (κ2) is 6.99. The van der Waals surface area contributed by atoms with Gasteiger partial charge in [0.1, 0.15) is 0 Å². The Kier molecular flexibility index (Phi) is 5.95. The standard InChI is InChI=1S/C12H18ClNO2S/c1-2-3-8-14-9-10-17(15,16)12-7-5-4-6-11(12)13/h4-7,14H,2-3,8-10H2,1H3. The highest BCUT2D eigenvalue weighted by molar-refractivity contribution is 7.91. The van der Waals surface area contributed by atoms with Gasteiger partial charge in [0.2, 0.25) is 0 Å². The summed E-state index contributed by atoms with van der Waals surface area (Å²) in [6.07, 6.45) is 2.16. The molecule has 5 heteroatoms. The van der Waals surface area contributed by atoms with E-state index in [2.05, 4.69) is 12.2 Å². The first kappa shape index (κ1) is 14.5. The first-order valence-corrected chi connectivity index (χ1v) is 7.79. The van der Waals surface area contributed by atoms with Gasteiger partial charge in [-0.15, -0.1) is 0 Å². The SMILES string of the molecule is CCCCNCCS(=O)(=O)c1ccccc1Cl. The monoisotopic (exact) mass is 275 g/mol. The van der Waals surface area contributed by atoms with Crippen molar-refractivity contribution in [3.05, 3.63) is 29.3 Å². The Balaban J connectivity index is 2.55. The fourth-order valence-electron chi connectivity index (χ4n) is 1.44. The van der Waals surface area contributed by atoms with E-state index in [-0.39, 0.29) is 10.6 Å². The van der Waals surface area contributed by atoms with E-state index in [9.17, 15) is 8.42 Å². The molecule has 0 fully saturated rings. The van der Waals surface area contributed by atoms with Crippen molar-refractivity contribution >= 4 is 21.4 Å². The summed E-state index contributed by atoms with van der Waals surface area (Å²) in [7, 11) is -3.27. The van der Waals surface area contributed by atoms with Crippen LogP contribution in [-0.4, -0.2) is 27.3 Å². The van der Waals surface area contributed by atoms with Crippen LogP contribution in [0.25, 0.3) is 0 Å². The molecule has 1 N–H and O–H groups in total. The Labute approximate surface area is 108 Å². The highest BCUT2D eigenvalue weighted by atomic mass is 35.5. The smallest absolute Gasteiger partial charge is 0.181 e. The topological polar surface area (TPSA) is 46.2 Å². The molecule has 1 aromatic carbocycles. The van der Waals surface area contributed by atoms with Gasteiger partial charge in [0.15, 0.2) is 9.84 Å². The molecule has 0 spiro atoms. The Bertz CT molecular complexity index is 446. The Morgan fingerprint density at radius 1 is 1.24 bits per heavy atom. The van der Waals surface area contributed by atoms with E-state index in [1.54, 1.807) is 24.3 Å². The Hall–Kier alpha value is -0.580. The largest absolute Gasteiger partial charge is 0.316 e. The number of sulfone groups is 1. The van der Waals surface area contributed by atoms with Crippen molar-refractivity contribution in [2.75, 3.05) is 18.8 Å². The molecule has 0 aliphatic carbocycles. The highest BCUT2D eigenvalue weighted by Gasteiger charge is 2.16. The molecule has 0 aliphatic rings. The zero-order valence-electron chi connectivity index (χ0n) is 9.95. The maximum absolute atomic E-state index is 12.0. The molecule has 0 atom stereocenters.